The van der Waals surface area contributed by atoms with Gasteiger partial charge >= 0.3 is 0 Å². The molecule has 1 fully saturated rings. The highest BCUT2D eigenvalue weighted by Gasteiger charge is 2.23. The lowest BCUT2D eigenvalue weighted by Crippen LogP contribution is -2.50. The zero-order valence-corrected chi connectivity index (χ0v) is 14.4. The fourth-order valence-electron chi connectivity index (χ4n) is 2.55. The third-order valence-electron chi connectivity index (χ3n) is 3.88. The minimum Gasteiger partial charge on any atom is -0.356 e. The molecule has 1 aliphatic heterocycles. The van der Waals surface area contributed by atoms with Crippen LogP contribution in [0.4, 0.5) is 5.95 Å². The third kappa shape index (κ3) is 5.77. The second-order valence-electron chi connectivity index (χ2n) is 6.10. The molecule has 1 N–H and O–H groups in total. The molecule has 0 aliphatic carbocycles. The first-order chi connectivity index (χ1) is 11.6. The fourth-order valence-corrected chi connectivity index (χ4v) is 2.55. The largest absolute Gasteiger partial charge is 0.356 e. The van der Waals surface area contributed by atoms with Gasteiger partial charge < -0.3 is 20.0 Å². The summed E-state index contributed by atoms with van der Waals surface area (Å²) in [7, 11) is 3.98. The zero-order valence-electron chi connectivity index (χ0n) is 14.4. The van der Waals surface area contributed by atoms with E-state index in [0.717, 1.165) is 13.0 Å². The van der Waals surface area contributed by atoms with E-state index >= 15 is 0 Å². The summed E-state index contributed by atoms with van der Waals surface area (Å²) in [6, 6.07) is 1.78. The Hall–Kier alpha value is -2.22. The minimum atomic E-state index is -0.201. The van der Waals surface area contributed by atoms with Gasteiger partial charge in [-0.25, -0.2) is 9.97 Å². The Labute approximate surface area is 142 Å². The van der Waals surface area contributed by atoms with Gasteiger partial charge in [-0.05, 0) is 33.1 Å². The lowest BCUT2D eigenvalue weighted by atomic mass is 10.2. The maximum absolute atomic E-state index is 12.2. The van der Waals surface area contributed by atoms with Crippen LogP contribution in [-0.2, 0) is 9.59 Å². The molecule has 8 heteroatoms. The molecule has 0 atom stereocenters. The molecule has 0 aromatic carbocycles. The monoisotopic (exact) mass is 334 g/mol. The number of carbonyl (C=O) groups is 2. The molecule has 24 heavy (non-hydrogen) atoms. The predicted molar refractivity (Wildman–Crippen MR) is 91.6 cm³/mol. The maximum atomic E-state index is 12.2. The van der Waals surface area contributed by atoms with Gasteiger partial charge in [0.25, 0.3) is 0 Å². The predicted octanol–water partition coefficient (Wildman–Crippen LogP) is -0.417. The second kappa shape index (κ2) is 9.17. The van der Waals surface area contributed by atoms with E-state index in [2.05, 4.69) is 20.2 Å². The molecule has 2 rings (SSSR count). The molecule has 8 nitrogen and oxygen atoms in total. The number of amides is 2. The Kier molecular flexibility index (Phi) is 6.92. The van der Waals surface area contributed by atoms with Crippen LogP contribution in [0.25, 0.3) is 0 Å². The van der Waals surface area contributed by atoms with E-state index in [4.69, 9.17) is 0 Å². The van der Waals surface area contributed by atoms with Crippen molar-refractivity contribution >= 4 is 17.8 Å². The second-order valence-corrected chi connectivity index (χ2v) is 6.10. The summed E-state index contributed by atoms with van der Waals surface area (Å²) in [6.45, 7) is 4.05. The number of rotatable bonds is 7. The van der Waals surface area contributed by atoms with Crippen molar-refractivity contribution in [1.29, 1.82) is 0 Å². The average Bonchev–Trinajstić information content (AvgIpc) is 2.59. The van der Waals surface area contributed by atoms with E-state index in [9.17, 15) is 9.59 Å². The third-order valence-corrected chi connectivity index (χ3v) is 3.88. The topological polar surface area (TPSA) is 81.7 Å². The van der Waals surface area contributed by atoms with E-state index in [1.54, 1.807) is 23.4 Å². The molecule has 2 amide bonds. The Balaban J connectivity index is 1.68. The normalized spacial score (nSPS) is 14.8. The summed E-state index contributed by atoms with van der Waals surface area (Å²) in [4.78, 5) is 38.3. The highest BCUT2D eigenvalue weighted by molar-refractivity contribution is 5.96. The lowest BCUT2D eigenvalue weighted by Gasteiger charge is -2.34. The fraction of sp³-hybridized carbons (Fsp3) is 0.625. The van der Waals surface area contributed by atoms with Crippen LogP contribution < -0.4 is 10.2 Å². The highest BCUT2D eigenvalue weighted by Crippen LogP contribution is 2.10. The first-order valence-corrected chi connectivity index (χ1v) is 8.27. The molecule has 0 unspecified atom stereocenters. The first kappa shape index (κ1) is 18.1. The molecule has 0 radical (unpaired) electrons. The van der Waals surface area contributed by atoms with Crippen molar-refractivity contribution in [3.8, 4) is 0 Å². The Morgan fingerprint density at radius 2 is 1.83 bits per heavy atom. The van der Waals surface area contributed by atoms with Gasteiger partial charge in [-0.3, -0.25) is 9.59 Å². The minimum absolute atomic E-state index is 0.0796. The molecule has 1 aliphatic rings. The lowest BCUT2D eigenvalue weighted by molar-refractivity contribution is -0.136. The molecule has 2 heterocycles. The van der Waals surface area contributed by atoms with E-state index in [1.165, 1.54) is 0 Å². The Bertz CT molecular complexity index is 529. The van der Waals surface area contributed by atoms with E-state index in [1.807, 2.05) is 19.0 Å². The molecule has 0 spiro atoms. The van der Waals surface area contributed by atoms with Gasteiger partial charge in [0.05, 0.1) is 0 Å². The Morgan fingerprint density at radius 3 is 2.46 bits per heavy atom. The number of carbonyl (C=O) groups excluding carboxylic acids is 2. The molecular weight excluding hydrogens is 308 g/mol. The molecule has 1 saturated heterocycles. The number of anilines is 1. The molecule has 1 aromatic rings. The van der Waals surface area contributed by atoms with Crippen molar-refractivity contribution in [1.82, 2.24) is 25.1 Å². The van der Waals surface area contributed by atoms with Gasteiger partial charge in [0.1, 0.15) is 6.42 Å². The van der Waals surface area contributed by atoms with Gasteiger partial charge in [0.15, 0.2) is 0 Å². The standard InChI is InChI=1S/C16H26N6O2/c1-20(2)8-4-7-17-14(23)13-15(24)21-9-11-22(12-10-21)16-18-5-3-6-19-16/h3,5-6H,4,7-13H2,1-2H3,(H,17,23). The number of nitrogens with one attached hydrogen (secondary N) is 1. The van der Waals surface area contributed by atoms with Crippen LogP contribution in [0.3, 0.4) is 0 Å². The number of nitrogens with zero attached hydrogens (tertiary/aromatic N) is 5. The van der Waals surface area contributed by atoms with Crippen molar-refractivity contribution in [3.63, 3.8) is 0 Å². The first-order valence-electron chi connectivity index (χ1n) is 8.27. The quantitative estimate of drug-likeness (QED) is 0.539. The number of hydrogen-bond acceptors (Lipinski definition) is 6. The van der Waals surface area contributed by atoms with E-state index in [-0.39, 0.29) is 18.2 Å². The van der Waals surface area contributed by atoms with Gasteiger partial charge in [-0.1, -0.05) is 0 Å². The van der Waals surface area contributed by atoms with Crippen LogP contribution in [0.1, 0.15) is 12.8 Å². The van der Waals surface area contributed by atoms with E-state index in [0.29, 0.717) is 38.7 Å². The summed E-state index contributed by atoms with van der Waals surface area (Å²) in [5.74, 6) is 0.365. The van der Waals surface area contributed by atoms with Crippen molar-refractivity contribution in [2.24, 2.45) is 0 Å². The highest BCUT2D eigenvalue weighted by atomic mass is 16.2. The van der Waals surface area contributed by atoms with Crippen molar-refractivity contribution in [2.75, 3.05) is 58.3 Å². The summed E-state index contributed by atoms with van der Waals surface area (Å²) in [5, 5.41) is 2.80. The van der Waals surface area contributed by atoms with Crippen LogP contribution in [0, 0.1) is 0 Å². The van der Waals surface area contributed by atoms with Crippen molar-refractivity contribution in [3.05, 3.63) is 18.5 Å². The molecule has 0 bridgehead atoms. The summed E-state index contributed by atoms with van der Waals surface area (Å²) < 4.78 is 0. The van der Waals surface area contributed by atoms with Crippen LogP contribution in [0.2, 0.25) is 0 Å². The summed E-state index contributed by atoms with van der Waals surface area (Å²) in [6.07, 6.45) is 4.22. The van der Waals surface area contributed by atoms with E-state index < -0.39 is 0 Å². The van der Waals surface area contributed by atoms with Crippen LogP contribution in [0.5, 0.6) is 0 Å². The average molecular weight is 334 g/mol. The van der Waals surface area contributed by atoms with Crippen LogP contribution >= 0.6 is 0 Å². The van der Waals surface area contributed by atoms with Gasteiger partial charge in [-0.2, -0.15) is 0 Å². The molecular formula is C16H26N6O2. The summed E-state index contributed by atoms with van der Waals surface area (Å²) >= 11 is 0. The van der Waals surface area contributed by atoms with Crippen molar-refractivity contribution < 1.29 is 9.59 Å². The van der Waals surface area contributed by atoms with Crippen molar-refractivity contribution in [2.45, 2.75) is 12.8 Å². The smallest absolute Gasteiger partial charge is 0.232 e. The van der Waals surface area contributed by atoms with Gasteiger partial charge in [-0.15, -0.1) is 0 Å². The molecule has 132 valence electrons. The number of hydrogen-bond donors (Lipinski definition) is 1. The maximum Gasteiger partial charge on any atom is 0.232 e. The molecule has 1 aromatic heterocycles. The zero-order chi connectivity index (χ0) is 17.4. The Morgan fingerprint density at radius 1 is 1.17 bits per heavy atom. The molecule has 0 saturated carbocycles. The number of aromatic nitrogens is 2. The number of piperazine rings is 1. The summed E-state index contributed by atoms with van der Waals surface area (Å²) in [5.41, 5.74) is 0. The van der Waals surface area contributed by atoms with Crippen LogP contribution in [0.15, 0.2) is 18.5 Å². The van der Waals surface area contributed by atoms with Crippen LogP contribution in [-0.4, -0.2) is 84.9 Å². The van der Waals surface area contributed by atoms with Gasteiger partial charge in [0, 0.05) is 45.1 Å². The van der Waals surface area contributed by atoms with Gasteiger partial charge in [0.2, 0.25) is 17.8 Å². The SMILES string of the molecule is CN(C)CCCNC(=O)CC(=O)N1CCN(c2ncccn2)CC1.